The fourth-order valence-electron chi connectivity index (χ4n) is 3.25. The number of carbonyl (C=O) groups excluding carboxylic acids is 1. The van der Waals surface area contributed by atoms with Crippen LogP contribution in [0.15, 0.2) is 27.0 Å². The monoisotopic (exact) mass is 446 g/mol. The molecule has 3 N–H and O–H groups in total. The number of nitrogens with zero attached hydrogens (tertiary/aromatic N) is 3. The number of carbonyl (C=O) groups is 1. The van der Waals surface area contributed by atoms with Crippen LogP contribution in [0.25, 0.3) is 26.8 Å². The number of hydrogen-bond donors (Lipinski definition) is 3. The molecule has 1 aliphatic carbocycles. The number of amides is 1. The van der Waals surface area contributed by atoms with Gasteiger partial charge in [0, 0.05) is 6.04 Å². The van der Waals surface area contributed by atoms with Crippen LogP contribution in [-0.2, 0) is 4.79 Å². The number of thiazole rings is 1. The second kappa shape index (κ2) is 6.39. The highest BCUT2D eigenvalue weighted by Gasteiger charge is 2.18. The van der Waals surface area contributed by atoms with Crippen molar-refractivity contribution in [1.82, 2.24) is 24.9 Å². The van der Waals surface area contributed by atoms with Crippen molar-refractivity contribution in [3.8, 4) is 0 Å². The van der Waals surface area contributed by atoms with Crippen LogP contribution in [0.3, 0.4) is 0 Å². The lowest BCUT2D eigenvalue weighted by molar-refractivity contribution is -0.115. The number of pyridine rings is 2. The Labute approximate surface area is 165 Å². The van der Waals surface area contributed by atoms with E-state index < -0.39 is 0 Å². The summed E-state index contributed by atoms with van der Waals surface area (Å²) in [6, 6.07) is 2.17. The number of fused-ring (bicyclic) bond motifs is 5. The third-order valence-corrected chi connectivity index (χ3v) is 6.39. The molecule has 1 amide bonds. The minimum atomic E-state index is -0.223. The lowest BCUT2D eigenvalue weighted by Gasteiger charge is -2.26. The van der Waals surface area contributed by atoms with Crippen LogP contribution < -0.4 is 16.2 Å². The molecule has 0 spiro atoms. The van der Waals surface area contributed by atoms with Gasteiger partial charge in [-0.3, -0.25) is 14.6 Å². The van der Waals surface area contributed by atoms with Crippen LogP contribution in [-0.4, -0.2) is 38.1 Å². The highest BCUT2D eigenvalue weighted by molar-refractivity contribution is 9.11. The summed E-state index contributed by atoms with van der Waals surface area (Å²) in [5, 5.41) is 11.1. The van der Waals surface area contributed by atoms with E-state index in [2.05, 4.69) is 41.6 Å². The molecule has 0 aliphatic heterocycles. The lowest BCUT2D eigenvalue weighted by Crippen LogP contribution is -2.40. The maximum atomic E-state index is 12.6. The number of H-pyrrole nitrogens is 1. The highest BCUT2D eigenvalue weighted by atomic mass is 79.9. The summed E-state index contributed by atoms with van der Waals surface area (Å²) in [4.78, 5) is 32.7. The van der Waals surface area contributed by atoms with E-state index in [0.29, 0.717) is 33.7 Å². The predicted molar refractivity (Wildman–Crippen MR) is 108 cm³/mol. The molecule has 1 aliphatic rings. The van der Waals surface area contributed by atoms with Gasteiger partial charge in [-0.25, -0.2) is 4.52 Å². The molecule has 4 aromatic rings. The molecule has 0 saturated heterocycles. The first-order valence-corrected chi connectivity index (χ1v) is 10.2. The zero-order chi connectivity index (χ0) is 18.5. The van der Waals surface area contributed by atoms with Gasteiger partial charge in [0.15, 0.2) is 0 Å². The first-order valence-electron chi connectivity index (χ1n) is 8.61. The maximum absolute atomic E-state index is 12.6. The molecular weight excluding hydrogens is 432 g/mol. The summed E-state index contributed by atoms with van der Waals surface area (Å²) in [5.74, 6) is -0.126. The molecular formula is C17H15BrN6O2S. The smallest absolute Gasteiger partial charge is 0.261 e. The van der Waals surface area contributed by atoms with Crippen LogP contribution in [0, 0.1) is 0 Å². The molecule has 0 unspecified atom stereocenters. The van der Waals surface area contributed by atoms with E-state index in [0.717, 1.165) is 21.5 Å². The molecule has 0 aromatic carbocycles. The molecule has 5 rings (SSSR count). The standard InChI is InChI=1S/C17H15BrN6O2S/c18-11-7-24-17(27-11)13-15(23-24)14-10(22-16(13)26)4-9(5-20-14)21-12(25)6-19-8-2-1-3-8/h4-5,7-8,19H,1-3,6H2,(H,21,25)(H,22,26). The summed E-state index contributed by atoms with van der Waals surface area (Å²) >= 11 is 4.85. The van der Waals surface area contributed by atoms with Crippen molar-refractivity contribution < 1.29 is 4.79 Å². The molecule has 1 fully saturated rings. The van der Waals surface area contributed by atoms with Crippen molar-refractivity contribution >= 4 is 65.6 Å². The van der Waals surface area contributed by atoms with Gasteiger partial charge < -0.3 is 15.6 Å². The van der Waals surface area contributed by atoms with E-state index in [1.54, 1.807) is 16.8 Å². The van der Waals surface area contributed by atoms with E-state index >= 15 is 0 Å². The Morgan fingerprint density at radius 3 is 3.04 bits per heavy atom. The quantitative estimate of drug-likeness (QED) is 0.446. The average Bonchev–Trinajstić information content (AvgIpc) is 3.09. The second-order valence-corrected chi connectivity index (χ2v) is 9.05. The lowest BCUT2D eigenvalue weighted by atomic mass is 9.93. The van der Waals surface area contributed by atoms with E-state index in [-0.39, 0.29) is 18.0 Å². The van der Waals surface area contributed by atoms with Crippen molar-refractivity contribution in [1.29, 1.82) is 0 Å². The molecule has 27 heavy (non-hydrogen) atoms. The fourth-order valence-corrected chi connectivity index (χ4v) is 4.72. The summed E-state index contributed by atoms with van der Waals surface area (Å²) < 4.78 is 2.57. The van der Waals surface area contributed by atoms with Gasteiger partial charge in [-0.15, -0.1) is 11.3 Å². The van der Waals surface area contributed by atoms with E-state index in [4.69, 9.17) is 0 Å². The Bertz CT molecular complexity index is 1260. The average molecular weight is 447 g/mol. The molecule has 0 atom stereocenters. The number of halogens is 1. The van der Waals surface area contributed by atoms with E-state index in [1.165, 1.54) is 17.8 Å². The van der Waals surface area contributed by atoms with Gasteiger partial charge in [0.1, 0.15) is 21.3 Å². The van der Waals surface area contributed by atoms with Gasteiger partial charge in [-0.05, 0) is 34.8 Å². The number of aromatic amines is 1. The topological polar surface area (TPSA) is 104 Å². The van der Waals surface area contributed by atoms with Gasteiger partial charge in [-0.2, -0.15) is 5.10 Å². The van der Waals surface area contributed by atoms with Crippen molar-refractivity contribution in [2.45, 2.75) is 25.3 Å². The maximum Gasteiger partial charge on any atom is 0.261 e. The Morgan fingerprint density at radius 1 is 1.41 bits per heavy atom. The predicted octanol–water partition coefficient (Wildman–Crippen LogP) is 2.63. The Kier molecular flexibility index (Phi) is 3.99. The van der Waals surface area contributed by atoms with Crippen LogP contribution in [0.4, 0.5) is 5.69 Å². The number of nitrogens with one attached hydrogen (secondary N) is 3. The van der Waals surface area contributed by atoms with Crippen molar-refractivity contribution in [3.05, 3.63) is 32.6 Å². The van der Waals surface area contributed by atoms with Crippen LogP contribution in [0.5, 0.6) is 0 Å². The second-order valence-electron chi connectivity index (χ2n) is 6.64. The van der Waals surface area contributed by atoms with Crippen molar-refractivity contribution in [2.75, 3.05) is 11.9 Å². The summed E-state index contributed by atoms with van der Waals surface area (Å²) in [6.07, 6.45) is 6.87. The molecule has 0 radical (unpaired) electrons. The van der Waals surface area contributed by atoms with Crippen molar-refractivity contribution in [2.24, 2.45) is 0 Å². The molecule has 1 saturated carbocycles. The number of anilines is 1. The summed E-state index contributed by atoms with van der Waals surface area (Å²) in [6.45, 7) is 0.268. The van der Waals surface area contributed by atoms with Gasteiger partial charge in [0.2, 0.25) is 5.91 Å². The van der Waals surface area contributed by atoms with Crippen molar-refractivity contribution in [3.63, 3.8) is 0 Å². The van der Waals surface area contributed by atoms with Gasteiger partial charge in [0.05, 0.1) is 33.9 Å². The first-order chi connectivity index (χ1) is 13.1. The van der Waals surface area contributed by atoms with E-state index in [1.807, 2.05) is 6.20 Å². The minimum Gasteiger partial charge on any atom is -0.324 e. The van der Waals surface area contributed by atoms with Crippen LogP contribution >= 0.6 is 27.3 Å². The van der Waals surface area contributed by atoms with Gasteiger partial charge in [0.25, 0.3) is 5.56 Å². The molecule has 4 heterocycles. The fraction of sp³-hybridized carbons (Fsp3) is 0.294. The third-order valence-electron chi connectivity index (χ3n) is 4.81. The van der Waals surface area contributed by atoms with Crippen LogP contribution in [0.1, 0.15) is 19.3 Å². The zero-order valence-electron chi connectivity index (χ0n) is 14.1. The first kappa shape index (κ1) is 16.8. The summed E-state index contributed by atoms with van der Waals surface area (Å²) in [5.41, 5.74) is 2.02. The Hall–Kier alpha value is -2.30. The Morgan fingerprint density at radius 2 is 2.26 bits per heavy atom. The molecule has 0 bridgehead atoms. The minimum absolute atomic E-state index is 0.126. The SMILES string of the molecule is O=C(CNC1CCC1)Nc1cnc2c(c1)[nH]c(=O)c1c2nn2cc(Br)sc12. The normalized spacial score (nSPS) is 14.9. The van der Waals surface area contributed by atoms with Crippen LogP contribution in [0.2, 0.25) is 0 Å². The number of aromatic nitrogens is 4. The Balaban J connectivity index is 1.49. The third kappa shape index (κ3) is 2.93. The number of rotatable bonds is 4. The molecule has 10 heteroatoms. The number of hydrogen-bond acceptors (Lipinski definition) is 6. The van der Waals surface area contributed by atoms with E-state index in [9.17, 15) is 9.59 Å². The molecule has 4 aromatic heterocycles. The van der Waals surface area contributed by atoms with Gasteiger partial charge >= 0.3 is 0 Å². The largest absolute Gasteiger partial charge is 0.324 e. The molecule has 8 nitrogen and oxygen atoms in total. The molecule has 138 valence electrons. The summed E-state index contributed by atoms with van der Waals surface area (Å²) in [7, 11) is 0. The zero-order valence-corrected chi connectivity index (χ0v) is 16.5. The highest BCUT2D eigenvalue weighted by Crippen LogP contribution is 2.30. The van der Waals surface area contributed by atoms with Gasteiger partial charge in [-0.1, -0.05) is 6.42 Å².